The molecule has 2 rings (SSSR count). The minimum atomic E-state index is 0.470. The summed E-state index contributed by atoms with van der Waals surface area (Å²) in [5.74, 6) is 2.67. The van der Waals surface area contributed by atoms with E-state index in [4.69, 9.17) is 0 Å². The topological polar surface area (TPSA) is 3.24 Å². The zero-order chi connectivity index (χ0) is 12.6. The predicted octanol–water partition coefficient (Wildman–Crippen LogP) is 4.18. The molecular weight excluding hydrogens is 206 g/mol. The van der Waals surface area contributed by atoms with Gasteiger partial charge in [-0.3, -0.25) is 0 Å². The van der Waals surface area contributed by atoms with Crippen LogP contribution < -0.4 is 0 Å². The van der Waals surface area contributed by atoms with Crippen molar-refractivity contribution in [2.75, 3.05) is 13.1 Å². The van der Waals surface area contributed by atoms with Gasteiger partial charge in [0.05, 0.1) is 0 Å². The maximum atomic E-state index is 2.80. The molecule has 0 spiro atoms. The zero-order valence-corrected chi connectivity index (χ0v) is 12.5. The van der Waals surface area contributed by atoms with Crippen LogP contribution in [0.25, 0.3) is 0 Å². The Balaban J connectivity index is 2.04. The first kappa shape index (κ1) is 13.4. The third-order valence-corrected chi connectivity index (χ3v) is 5.26. The van der Waals surface area contributed by atoms with Gasteiger partial charge in [-0.05, 0) is 49.0 Å². The first-order valence-electron chi connectivity index (χ1n) is 7.63. The summed E-state index contributed by atoms with van der Waals surface area (Å²) in [6, 6.07) is 0.938. The highest BCUT2D eigenvalue weighted by atomic mass is 15.2. The van der Waals surface area contributed by atoms with Crippen molar-refractivity contribution in [1.82, 2.24) is 4.90 Å². The summed E-state index contributed by atoms with van der Waals surface area (Å²) in [5, 5.41) is 0. The molecule has 0 radical (unpaired) electrons. The van der Waals surface area contributed by atoms with Crippen molar-refractivity contribution in [2.24, 2.45) is 23.2 Å². The van der Waals surface area contributed by atoms with Crippen molar-refractivity contribution in [2.45, 2.75) is 66.3 Å². The third kappa shape index (κ3) is 2.86. The van der Waals surface area contributed by atoms with E-state index < -0.39 is 0 Å². The Morgan fingerprint density at radius 1 is 1.06 bits per heavy atom. The summed E-state index contributed by atoms with van der Waals surface area (Å²) in [4.78, 5) is 2.80. The number of likely N-dealkylation sites (tertiary alicyclic amines) is 1. The largest absolute Gasteiger partial charge is 0.300 e. The van der Waals surface area contributed by atoms with Crippen LogP contribution in [0.1, 0.15) is 60.3 Å². The fourth-order valence-corrected chi connectivity index (χ4v) is 3.79. The van der Waals surface area contributed by atoms with Crippen LogP contribution >= 0.6 is 0 Å². The molecule has 0 aromatic rings. The van der Waals surface area contributed by atoms with Crippen molar-refractivity contribution in [3.05, 3.63) is 0 Å². The third-order valence-electron chi connectivity index (χ3n) is 5.26. The lowest BCUT2D eigenvalue weighted by Gasteiger charge is -2.50. The molecule has 2 aliphatic rings. The van der Waals surface area contributed by atoms with Crippen LogP contribution in [0.4, 0.5) is 0 Å². The summed E-state index contributed by atoms with van der Waals surface area (Å²) in [6.07, 6.45) is 5.82. The van der Waals surface area contributed by atoms with Crippen LogP contribution in [-0.2, 0) is 0 Å². The molecule has 2 atom stereocenters. The van der Waals surface area contributed by atoms with Crippen molar-refractivity contribution >= 4 is 0 Å². The molecular formula is C16H31N. The highest BCUT2D eigenvalue weighted by molar-refractivity contribution is 4.92. The Hall–Kier alpha value is -0.0400. The van der Waals surface area contributed by atoms with Crippen molar-refractivity contribution < 1.29 is 0 Å². The molecule has 1 aliphatic heterocycles. The fourth-order valence-electron chi connectivity index (χ4n) is 3.79. The Morgan fingerprint density at radius 3 is 2.12 bits per heavy atom. The molecule has 0 aromatic heterocycles. The highest BCUT2D eigenvalue weighted by Crippen LogP contribution is 2.42. The second kappa shape index (κ2) is 4.91. The van der Waals surface area contributed by atoms with E-state index in [-0.39, 0.29) is 0 Å². The lowest BCUT2D eigenvalue weighted by atomic mass is 9.66. The average molecular weight is 237 g/mol. The summed E-state index contributed by atoms with van der Waals surface area (Å²) in [5.41, 5.74) is 0.470. The molecule has 0 amide bonds. The number of nitrogens with zero attached hydrogens (tertiary/aromatic N) is 1. The first-order chi connectivity index (χ1) is 7.89. The van der Waals surface area contributed by atoms with Gasteiger partial charge >= 0.3 is 0 Å². The van der Waals surface area contributed by atoms with Crippen LogP contribution in [0.2, 0.25) is 0 Å². The molecule has 1 saturated heterocycles. The van der Waals surface area contributed by atoms with E-state index >= 15 is 0 Å². The predicted molar refractivity (Wildman–Crippen MR) is 75.1 cm³/mol. The Bertz CT molecular complexity index is 247. The molecule has 100 valence electrons. The van der Waals surface area contributed by atoms with E-state index in [1.807, 2.05) is 0 Å². The van der Waals surface area contributed by atoms with Gasteiger partial charge in [-0.1, -0.05) is 41.0 Å². The molecule has 1 heteroatoms. The highest BCUT2D eigenvalue weighted by Gasteiger charge is 2.40. The number of hydrogen-bond donors (Lipinski definition) is 0. The van der Waals surface area contributed by atoms with Gasteiger partial charge in [-0.2, -0.15) is 0 Å². The summed E-state index contributed by atoms with van der Waals surface area (Å²) in [6.45, 7) is 14.9. The van der Waals surface area contributed by atoms with Gasteiger partial charge in [0, 0.05) is 12.6 Å². The van der Waals surface area contributed by atoms with Crippen molar-refractivity contribution in [3.8, 4) is 0 Å². The van der Waals surface area contributed by atoms with Gasteiger partial charge in [-0.25, -0.2) is 0 Å². The van der Waals surface area contributed by atoms with Crippen molar-refractivity contribution in [1.29, 1.82) is 0 Å². The second-order valence-electron chi connectivity index (χ2n) is 7.75. The van der Waals surface area contributed by atoms with Gasteiger partial charge in [-0.15, -0.1) is 0 Å². The second-order valence-corrected chi connectivity index (χ2v) is 7.75. The molecule has 2 unspecified atom stereocenters. The van der Waals surface area contributed by atoms with Crippen LogP contribution in [0.5, 0.6) is 0 Å². The molecule has 2 fully saturated rings. The minimum Gasteiger partial charge on any atom is -0.300 e. The average Bonchev–Trinajstić information content (AvgIpc) is 2.13. The van der Waals surface area contributed by atoms with E-state index in [9.17, 15) is 0 Å². The quantitative estimate of drug-likeness (QED) is 0.696. The lowest BCUT2D eigenvalue weighted by Crippen LogP contribution is -2.52. The number of piperidine rings is 1. The molecule has 17 heavy (non-hydrogen) atoms. The van der Waals surface area contributed by atoms with Crippen LogP contribution in [0.3, 0.4) is 0 Å². The van der Waals surface area contributed by atoms with E-state index in [1.165, 1.54) is 38.8 Å². The molecule has 1 nitrogen and oxygen atoms in total. The SMILES string of the molecule is CC(C)C1CCN(C2CCC2)CC1C(C)(C)C. The van der Waals surface area contributed by atoms with E-state index in [2.05, 4.69) is 39.5 Å². The Kier molecular flexibility index (Phi) is 3.87. The van der Waals surface area contributed by atoms with Gasteiger partial charge in [0.1, 0.15) is 0 Å². The molecule has 0 N–H and O–H groups in total. The lowest BCUT2D eigenvalue weighted by molar-refractivity contribution is -0.0119. The van der Waals surface area contributed by atoms with Crippen LogP contribution in [-0.4, -0.2) is 24.0 Å². The Labute approximate surface area is 108 Å². The summed E-state index contributed by atoms with van der Waals surface area (Å²) >= 11 is 0. The maximum Gasteiger partial charge on any atom is 0.00954 e. The minimum absolute atomic E-state index is 0.470. The number of rotatable bonds is 2. The van der Waals surface area contributed by atoms with E-state index in [1.54, 1.807) is 0 Å². The van der Waals surface area contributed by atoms with Gasteiger partial charge in [0.2, 0.25) is 0 Å². The van der Waals surface area contributed by atoms with E-state index in [0.717, 1.165) is 23.8 Å². The first-order valence-corrected chi connectivity index (χ1v) is 7.63. The van der Waals surface area contributed by atoms with E-state index in [0.29, 0.717) is 5.41 Å². The van der Waals surface area contributed by atoms with Gasteiger partial charge in [0.25, 0.3) is 0 Å². The normalized spacial score (nSPS) is 32.8. The van der Waals surface area contributed by atoms with Gasteiger partial charge < -0.3 is 4.90 Å². The van der Waals surface area contributed by atoms with Gasteiger partial charge in [0.15, 0.2) is 0 Å². The summed E-state index contributed by atoms with van der Waals surface area (Å²) < 4.78 is 0. The van der Waals surface area contributed by atoms with Crippen molar-refractivity contribution in [3.63, 3.8) is 0 Å². The monoisotopic (exact) mass is 237 g/mol. The molecule has 0 bridgehead atoms. The fraction of sp³-hybridized carbons (Fsp3) is 1.00. The standard InChI is InChI=1S/C16H31N/c1-12(2)14-9-10-17(13-7-6-8-13)11-15(14)16(3,4)5/h12-15H,6-11H2,1-5H3. The smallest absolute Gasteiger partial charge is 0.00954 e. The van der Waals surface area contributed by atoms with Crippen LogP contribution in [0.15, 0.2) is 0 Å². The molecule has 1 heterocycles. The summed E-state index contributed by atoms with van der Waals surface area (Å²) in [7, 11) is 0. The molecule has 1 saturated carbocycles. The molecule has 0 aromatic carbocycles. The maximum absolute atomic E-state index is 2.80. The number of hydrogen-bond acceptors (Lipinski definition) is 1. The van der Waals surface area contributed by atoms with Crippen LogP contribution in [0, 0.1) is 23.2 Å². The molecule has 1 aliphatic carbocycles. The zero-order valence-electron chi connectivity index (χ0n) is 12.5. The Morgan fingerprint density at radius 2 is 1.71 bits per heavy atom.